The topological polar surface area (TPSA) is 56.7 Å². The predicted octanol–water partition coefficient (Wildman–Crippen LogP) is 9.31. The molecule has 5 nitrogen and oxygen atoms in total. The quantitative estimate of drug-likeness (QED) is 0.198. The zero-order chi connectivity index (χ0) is 26.6. The largest absolute Gasteiger partial charge is 0.418 e. The number of benzene rings is 3. The van der Waals surface area contributed by atoms with E-state index in [0.717, 1.165) is 18.4 Å². The van der Waals surface area contributed by atoms with Gasteiger partial charge in [-0.1, -0.05) is 70.7 Å². The van der Waals surface area contributed by atoms with Crippen molar-refractivity contribution < 1.29 is 8.81 Å². The lowest BCUT2D eigenvalue weighted by molar-refractivity contribution is 0.374. The fourth-order valence-electron chi connectivity index (χ4n) is 4.71. The SMILES string of the molecule is CC(F)c1c(-c2nnc(C3(c4ccc(Cl)cc4)CC3)o2)nn(-c2ccc(Cl)cc2Cl)c1-c1ccc(Cl)cc1. The molecule has 1 unspecified atom stereocenters. The average molecular weight is 588 g/mol. The minimum absolute atomic E-state index is 0.124. The minimum atomic E-state index is -1.42. The van der Waals surface area contributed by atoms with Crippen LogP contribution in [0.1, 0.15) is 43.0 Å². The van der Waals surface area contributed by atoms with E-state index in [1.165, 1.54) is 6.92 Å². The van der Waals surface area contributed by atoms with Crippen LogP contribution in [0.2, 0.25) is 20.1 Å². The zero-order valence-electron chi connectivity index (χ0n) is 19.9. The summed E-state index contributed by atoms with van der Waals surface area (Å²) >= 11 is 24.9. The Balaban J connectivity index is 1.53. The molecule has 1 saturated carbocycles. The molecule has 192 valence electrons. The van der Waals surface area contributed by atoms with Gasteiger partial charge in [0, 0.05) is 26.2 Å². The van der Waals surface area contributed by atoms with Gasteiger partial charge >= 0.3 is 0 Å². The van der Waals surface area contributed by atoms with Crippen molar-refractivity contribution in [3.63, 3.8) is 0 Å². The molecule has 2 heterocycles. The second-order valence-corrected chi connectivity index (χ2v) is 11.0. The summed E-state index contributed by atoms with van der Waals surface area (Å²) in [5, 5.41) is 15.5. The van der Waals surface area contributed by atoms with Crippen LogP contribution in [0.3, 0.4) is 0 Å². The monoisotopic (exact) mass is 586 g/mol. The van der Waals surface area contributed by atoms with E-state index in [2.05, 4.69) is 10.2 Å². The Labute approximate surface area is 238 Å². The molecule has 10 heteroatoms. The van der Waals surface area contributed by atoms with E-state index >= 15 is 4.39 Å². The Morgan fingerprint density at radius 2 is 1.50 bits per heavy atom. The highest BCUT2D eigenvalue weighted by Crippen LogP contribution is 2.53. The minimum Gasteiger partial charge on any atom is -0.418 e. The Kier molecular flexibility index (Phi) is 6.47. The second-order valence-electron chi connectivity index (χ2n) is 9.24. The first-order valence-electron chi connectivity index (χ1n) is 11.9. The lowest BCUT2D eigenvalue weighted by atomic mass is 9.96. The fraction of sp³-hybridized carbons (Fsp3) is 0.179. The maximum absolute atomic E-state index is 15.4. The molecule has 0 spiro atoms. The van der Waals surface area contributed by atoms with Crippen molar-refractivity contribution in [3.05, 3.63) is 104 Å². The smallest absolute Gasteiger partial charge is 0.268 e. The first-order valence-corrected chi connectivity index (χ1v) is 13.4. The van der Waals surface area contributed by atoms with Crippen LogP contribution in [-0.4, -0.2) is 20.0 Å². The van der Waals surface area contributed by atoms with E-state index in [-0.39, 0.29) is 11.6 Å². The molecular formula is C28H19Cl4FN4O. The van der Waals surface area contributed by atoms with Crippen molar-refractivity contribution in [1.29, 1.82) is 0 Å². The molecule has 1 atom stereocenters. The van der Waals surface area contributed by atoms with Gasteiger partial charge in [0.05, 0.1) is 21.8 Å². The van der Waals surface area contributed by atoms with E-state index in [9.17, 15) is 0 Å². The predicted molar refractivity (Wildman–Crippen MR) is 148 cm³/mol. The molecule has 38 heavy (non-hydrogen) atoms. The van der Waals surface area contributed by atoms with Crippen LogP contribution in [0.5, 0.6) is 0 Å². The van der Waals surface area contributed by atoms with E-state index in [1.807, 2.05) is 24.3 Å². The van der Waals surface area contributed by atoms with Gasteiger partial charge in [0.15, 0.2) is 5.69 Å². The third kappa shape index (κ3) is 4.39. The van der Waals surface area contributed by atoms with Crippen LogP contribution in [0.25, 0.3) is 28.5 Å². The molecule has 0 amide bonds. The van der Waals surface area contributed by atoms with Gasteiger partial charge in [0.1, 0.15) is 6.17 Å². The molecule has 0 bridgehead atoms. The molecule has 6 rings (SSSR count). The molecule has 5 aromatic rings. The van der Waals surface area contributed by atoms with Crippen LogP contribution in [0, 0.1) is 0 Å². The van der Waals surface area contributed by atoms with Gasteiger partial charge in [-0.05, 0) is 67.8 Å². The molecule has 0 aliphatic heterocycles. The third-order valence-electron chi connectivity index (χ3n) is 6.76. The summed E-state index contributed by atoms with van der Waals surface area (Å²) in [6, 6.07) is 19.7. The number of hydrogen-bond donors (Lipinski definition) is 0. The molecule has 1 aliphatic carbocycles. The molecule has 1 aliphatic rings. The van der Waals surface area contributed by atoms with Gasteiger partial charge in [-0.2, -0.15) is 5.10 Å². The Morgan fingerprint density at radius 3 is 2.11 bits per heavy atom. The number of aromatic nitrogens is 4. The molecule has 0 N–H and O–H groups in total. The van der Waals surface area contributed by atoms with Gasteiger partial charge in [0.2, 0.25) is 5.89 Å². The van der Waals surface area contributed by atoms with Crippen LogP contribution < -0.4 is 0 Å². The molecular weight excluding hydrogens is 569 g/mol. The number of alkyl halides is 1. The van der Waals surface area contributed by atoms with Gasteiger partial charge in [-0.25, -0.2) is 9.07 Å². The van der Waals surface area contributed by atoms with Crippen molar-refractivity contribution in [2.75, 3.05) is 0 Å². The lowest BCUT2D eigenvalue weighted by Crippen LogP contribution is -2.08. The third-order valence-corrected chi connectivity index (χ3v) is 7.80. The highest BCUT2D eigenvalue weighted by Gasteiger charge is 2.51. The van der Waals surface area contributed by atoms with Gasteiger partial charge < -0.3 is 4.42 Å². The molecule has 3 aromatic carbocycles. The van der Waals surface area contributed by atoms with Crippen LogP contribution in [0.4, 0.5) is 4.39 Å². The van der Waals surface area contributed by atoms with Crippen molar-refractivity contribution in [2.24, 2.45) is 0 Å². The van der Waals surface area contributed by atoms with Crippen molar-refractivity contribution >= 4 is 46.4 Å². The van der Waals surface area contributed by atoms with E-state index in [1.54, 1.807) is 47.1 Å². The highest BCUT2D eigenvalue weighted by molar-refractivity contribution is 6.35. The normalized spacial score (nSPS) is 15.0. The maximum Gasteiger partial charge on any atom is 0.268 e. The second kappa shape index (κ2) is 9.69. The first-order chi connectivity index (χ1) is 18.3. The molecule has 0 saturated heterocycles. The lowest BCUT2D eigenvalue weighted by Gasteiger charge is -2.12. The Hall–Kier alpha value is -2.90. The number of rotatable bonds is 6. The standard InChI is InChI=1S/C28H19Cl4FN4O/c1-15(33)23-24(26-34-35-27(38-26)28(12-13-28)17-4-8-19(30)9-5-17)36-37(22-11-10-20(31)14-21(22)32)25(23)16-2-6-18(29)7-3-16/h2-11,14-15H,12-13H2,1H3. The maximum atomic E-state index is 15.4. The van der Waals surface area contributed by atoms with Gasteiger partial charge in [-0.15, -0.1) is 10.2 Å². The molecule has 2 aromatic heterocycles. The Bertz CT molecular complexity index is 1640. The Morgan fingerprint density at radius 1 is 0.868 bits per heavy atom. The summed E-state index contributed by atoms with van der Waals surface area (Å²) in [6.07, 6.45) is 0.290. The summed E-state index contributed by atoms with van der Waals surface area (Å²) in [7, 11) is 0. The number of nitrogens with zero attached hydrogens (tertiary/aromatic N) is 4. The molecule has 0 radical (unpaired) electrons. The number of hydrogen-bond acceptors (Lipinski definition) is 4. The summed E-state index contributed by atoms with van der Waals surface area (Å²) < 4.78 is 23.2. The van der Waals surface area contributed by atoms with Crippen LogP contribution in [0.15, 0.2) is 71.1 Å². The molecule has 1 fully saturated rings. The fourth-order valence-corrected chi connectivity index (χ4v) is 5.45. The van der Waals surface area contributed by atoms with Crippen molar-refractivity contribution in [3.8, 4) is 28.5 Å². The average Bonchev–Trinajstić information content (AvgIpc) is 3.37. The summed E-state index contributed by atoms with van der Waals surface area (Å²) in [6.45, 7) is 1.45. The van der Waals surface area contributed by atoms with E-state index < -0.39 is 11.6 Å². The summed E-state index contributed by atoms with van der Waals surface area (Å²) in [5.74, 6) is 0.582. The summed E-state index contributed by atoms with van der Waals surface area (Å²) in [4.78, 5) is 0. The van der Waals surface area contributed by atoms with Gasteiger partial charge in [0.25, 0.3) is 5.89 Å². The first kappa shape index (κ1) is 25.4. The van der Waals surface area contributed by atoms with E-state index in [4.69, 9.17) is 55.9 Å². The van der Waals surface area contributed by atoms with Crippen molar-refractivity contribution in [1.82, 2.24) is 20.0 Å². The number of halogens is 5. The van der Waals surface area contributed by atoms with Crippen molar-refractivity contribution in [2.45, 2.75) is 31.4 Å². The summed E-state index contributed by atoms with van der Waals surface area (Å²) in [5.41, 5.74) is 2.89. The van der Waals surface area contributed by atoms with E-state index in [0.29, 0.717) is 48.5 Å². The van der Waals surface area contributed by atoms with Crippen LogP contribution in [-0.2, 0) is 5.41 Å². The van der Waals surface area contributed by atoms with Crippen LogP contribution >= 0.6 is 46.4 Å². The highest BCUT2D eigenvalue weighted by atomic mass is 35.5. The zero-order valence-corrected chi connectivity index (χ0v) is 23.0. The van der Waals surface area contributed by atoms with Gasteiger partial charge in [-0.3, -0.25) is 0 Å².